The number of cyclic esters (lactones) is 1. The van der Waals surface area contributed by atoms with Gasteiger partial charge in [-0.2, -0.15) is 0 Å². The molecule has 2 heterocycles. The van der Waals surface area contributed by atoms with Crippen LogP contribution in [0.4, 0.5) is 22.8 Å². The summed E-state index contributed by atoms with van der Waals surface area (Å²) in [7, 11) is 0. The molecule has 7 nitrogen and oxygen atoms in total. The fourth-order valence-corrected chi connectivity index (χ4v) is 3.33. The van der Waals surface area contributed by atoms with Crippen LogP contribution < -0.4 is 5.32 Å². The number of halogens is 3. The van der Waals surface area contributed by atoms with Gasteiger partial charge in [0.25, 0.3) is 0 Å². The van der Waals surface area contributed by atoms with Gasteiger partial charge in [-0.3, -0.25) is 0 Å². The molecule has 146 valence electrons. The Morgan fingerprint density at radius 3 is 2.63 bits per heavy atom. The fourth-order valence-electron chi connectivity index (χ4n) is 3.33. The highest BCUT2D eigenvalue weighted by molar-refractivity contribution is 5.74. The predicted molar refractivity (Wildman–Crippen MR) is 83.2 cm³/mol. The van der Waals surface area contributed by atoms with Gasteiger partial charge in [0.05, 0.1) is 25.8 Å². The van der Waals surface area contributed by atoms with E-state index in [1.54, 1.807) is 0 Å². The van der Waals surface area contributed by atoms with Crippen LogP contribution in [0.3, 0.4) is 0 Å². The van der Waals surface area contributed by atoms with Crippen molar-refractivity contribution in [1.29, 1.82) is 0 Å². The van der Waals surface area contributed by atoms with Crippen molar-refractivity contribution in [3.63, 3.8) is 0 Å². The second-order valence-electron chi connectivity index (χ2n) is 7.08. The van der Waals surface area contributed by atoms with E-state index < -0.39 is 35.2 Å². The second kappa shape index (κ2) is 6.59. The van der Waals surface area contributed by atoms with Crippen molar-refractivity contribution >= 4 is 12.2 Å². The summed E-state index contributed by atoms with van der Waals surface area (Å²) in [6, 6.07) is 1.98. The van der Waals surface area contributed by atoms with Gasteiger partial charge in [0.1, 0.15) is 18.2 Å². The zero-order chi connectivity index (χ0) is 19.2. The van der Waals surface area contributed by atoms with Crippen LogP contribution in [-0.2, 0) is 20.8 Å². The first-order valence-electron chi connectivity index (χ1n) is 8.50. The van der Waals surface area contributed by atoms with Crippen molar-refractivity contribution < 1.29 is 37.0 Å². The summed E-state index contributed by atoms with van der Waals surface area (Å²) in [6.45, 7) is 0.706. The SMILES string of the molecule is O=C1NC2(CO1)CN(C(=O)O[C@H]1C[C@@H](OCc3ccc(F)c(F)c3F)C1)C2. The largest absolute Gasteiger partial charge is 0.447 e. The van der Waals surface area contributed by atoms with Crippen LogP contribution in [0, 0.1) is 17.5 Å². The Kier molecular flexibility index (Phi) is 4.37. The summed E-state index contributed by atoms with van der Waals surface area (Å²) >= 11 is 0. The molecule has 3 aliphatic rings. The molecular formula is C17H17F3N2O5. The van der Waals surface area contributed by atoms with E-state index in [2.05, 4.69) is 5.32 Å². The Hall–Kier alpha value is -2.49. The monoisotopic (exact) mass is 386 g/mol. The van der Waals surface area contributed by atoms with E-state index in [0.717, 1.165) is 12.1 Å². The van der Waals surface area contributed by atoms with Gasteiger partial charge in [0.15, 0.2) is 17.5 Å². The van der Waals surface area contributed by atoms with E-state index in [9.17, 15) is 22.8 Å². The molecule has 0 radical (unpaired) electrons. The van der Waals surface area contributed by atoms with Gasteiger partial charge in [-0.1, -0.05) is 6.07 Å². The molecule has 2 amide bonds. The number of rotatable bonds is 4. The smallest absolute Gasteiger partial charge is 0.410 e. The first-order valence-corrected chi connectivity index (χ1v) is 8.50. The normalized spacial score (nSPS) is 25.4. The summed E-state index contributed by atoms with van der Waals surface area (Å²) in [5.41, 5.74) is -0.573. The number of benzene rings is 1. The number of ether oxygens (including phenoxy) is 3. The summed E-state index contributed by atoms with van der Waals surface area (Å²) < 4.78 is 55.2. The third-order valence-corrected chi connectivity index (χ3v) is 5.00. The third-order valence-electron chi connectivity index (χ3n) is 5.00. The summed E-state index contributed by atoms with van der Waals surface area (Å²) in [5, 5.41) is 2.67. The lowest BCUT2D eigenvalue weighted by Crippen LogP contribution is -2.70. The highest BCUT2D eigenvalue weighted by atomic mass is 19.2. The molecule has 1 N–H and O–H groups in total. The van der Waals surface area contributed by atoms with Gasteiger partial charge in [-0.05, 0) is 6.07 Å². The fraction of sp³-hybridized carbons (Fsp3) is 0.529. The number of hydrogen-bond acceptors (Lipinski definition) is 5. The third kappa shape index (κ3) is 3.41. The lowest BCUT2D eigenvalue weighted by atomic mass is 9.91. The molecule has 1 aromatic carbocycles. The van der Waals surface area contributed by atoms with Crippen molar-refractivity contribution in [2.24, 2.45) is 0 Å². The Balaban J connectivity index is 1.17. The van der Waals surface area contributed by atoms with Gasteiger partial charge in [0.2, 0.25) is 0 Å². The van der Waals surface area contributed by atoms with Crippen molar-refractivity contribution in [2.45, 2.75) is 37.2 Å². The Labute approximate surface area is 152 Å². The van der Waals surface area contributed by atoms with E-state index in [4.69, 9.17) is 14.2 Å². The highest BCUT2D eigenvalue weighted by Gasteiger charge is 2.52. The maximum atomic E-state index is 13.6. The number of carbonyl (C=O) groups excluding carboxylic acids is 2. The molecule has 0 aromatic heterocycles. The Morgan fingerprint density at radius 2 is 1.96 bits per heavy atom. The van der Waals surface area contributed by atoms with Gasteiger partial charge in [0, 0.05) is 18.4 Å². The molecule has 2 saturated heterocycles. The van der Waals surface area contributed by atoms with Crippen LogP contribution in [0.1, 0.15) is 18.4 Å². The van der Waals surface area contributed by atoms with Crippen LogP contribution in [0.25, 0.3) is 0 Å². The summed E-state index contributed by atoms with van der Waals surface area (Å²) in [6.07, 6.45) is -0.647. The first-order chi connectivity index (χ1) is 12.8. The quantitative estimate of drug-likeness (QED) is 0.802. The highest BCUT2D eigenvalue weighted by Crippen LogP contribution is 2.31. The summed E-state index contributed by atoms with van der Waals surface area (Å²) in [5.74, 6) is -4.02. The van der Waals surface area contributed by atoms with Gasteiger partial charge in [-0.25, -0.2) is 22.8 Å². The standard InChI is InChI=1S/C17H17F3N2O5/c18-12-2-1-9(13(19)14(12)20)5-25-10-3-11(4-10)27-16(24)22-6-17(7-22)8-26-15(23)21-17/h1-2,10-11H,3-8H2,(H,21,23)/t10-,11+. The van der Waals surface area contributed by atoms with Crippen LogP contribution in [0.2, 0.25) is 0 Å². The molecule has 2 aliphatic heterocycles. The second-order valence-corrected chi connectivity index (χ2v) is 7.08. The molecule has 4 rings (SSSR count). The topological polar surface area (TPSA) is 77.1 Å². The molecule has 0 bridgehead atoms. The van der Waals surface area contributed by atoms with E-state index in [1.165, 1.54) is 4.90 Å². The zero-order valence-corrected chi connectivity index (χ0v) is 14.2. The average molecular weight is 386 g/mol. The molecule has 10 heteroatoms. The van der Waals surface area contributed by atoms with E-state index in [-0.39, 0.29) is 31.0 Å². The predicted octanol–water partition coefficient (Wildman–Crippen LogP) is 2.08. The molecule has 1 spiro atoms. The number of nitrogens with zero attached hydrogens (tertiary/aromatic N) is 1. The van der Waals surface area contributed by atoms with Crippen molar-refractivity contribution in [1.82, 2.24) is 10.2 Å². The lowest BCUT2D eigenvalue weighted by Gasteiger charge is -2.46. The maximum Gasteiger partial charge on any atom is 0.410 e. The van der Waals surface area contributed by atoms with Crippen molar-refractivity contribution in [3.8, 4) is 0 Å². The van der Waals surface area contributed by atoms with E-state index in [0.29, 0.717) is 25.9 Å². The number of carbonyl (C=O) groups is 2. The van der Waals surface area contributed by atoms with Crippen molar-refractivity contribution in [2.75, 3.05) is 19.7 Å². The van der Waals surface area contributed by atoms with Crippen LogP contribution in [0.5, 0.6) is 0 Å². The van der Waals surface area contributed by atoms with Crippen molar-refractivity contribution in [3.05, 3.63) is 35.1 Å². The number of nitrogens with one attached hydrogen (secondary N) is 1. The first kappa shape index (κ1) is 17.9. The van der Waals surface area contributed by atoms with Gasteiger partial charge in [-0.15, -0.1) is 0 Å². The maximum absolute atomic E-state index is 13.6. The van der Waals surface area contributed by atoms with E-state index >= 15 is 0 Å². The van der Waals surface area contributed by atoms with Crippen LogP contribution in [0.15, 0.2) is 12.1 Å². The molecule has 27 heavy (non-hydrogen) atoms. The number of hydrogen-bond donors (Lipinski definition) is 1. The van der Waals surface area contributed by atoms with Gasteiger partial charge >= 0.3 is 12.2 Å². The molecular weight excluding hydrogens is 369 g/mol. The minimum atomic E-state index is -1.52. The van der Waals surface area contributed by atoms with Crippen LogP contribution >= 0.6 is 0 Å². The minimum Gasteiger partial charge on any atom is -0.447 e. The molecule has 1 aromatic rings. The lowest BCUT2D eigenvalue weighted by molar-refractivity contribution is -0.0933. The Morgan fingerprint density at radius 1 is 1.22 bits per heavy atom. The molecule has 1 saturated carbocycles. The number of likely N-dealkylation sites (tertiary alicyclic amines) is 1. The number of alkyl carbamates (subject to hydrolysis) is 1. The summed E-state index contributed by atoms with van der Waals surface area (Å²) in [4.78, 5) is 24.6. The van der Waals surface area contributed by atoms with Crippen LogP contribution in [-0.4, -0.2) is 54.5 Å². The number of amides is 2. The Bertz CT molecular complexity index is 778. The van der Waals surface area contributed by atoms with E-state index in [1.807, 2.05) is 0 Å². The molecule has 1 aliphatic carbocycles. The zero-order valence-electron chi connectivity index (χ0n) is 14.2. The minimum absolute atomic E-state index is 0.0685. The average Bonchev–Trinajstić information content (AvgIpc) is 2.97. The van der Waals surface area contributed by atoms with Gasteiger partial charge < -0.3 is 24.4 Å². The molecule has 0 unspecified atom stereocenters. The molecule has 3 fully saturated rings. The molecule has 0 atom stereocenters.